The molecule has 0 aliphatic carbocycles. The molecule has 1 saturated heterocycles. The summed E-state index contributed by atoms with van der Waals surface area (Å²) in [4.78, 5) is 12.2. The van der Waals surface area contributed by atoms with Gasteiger partial charge in [-0.3, -0.25) is 0 Å². The molecule has 31 heavy (non-hydrogen) atoms. The zero-order chi connectivity index (χ0) is 22.3. The van der Waals surface area contributed by atoms with E-state index in [1.165, 1.54) is 24.3 Å². The second-order valence-electron chi connectivity index (χ2n) is 7.17. The van der Waals surface area contributed by atoms with Crippen molar-refractivity contribution in [3.63, 3.8) is 0 Å². The molecule has 6 N–H and O–H groups in total. The maximum Gasteiger partial charge on any atom is 0.344 e. The Morgan fingerprint density at radius 2 is 1.65 bits per heavy atom. The number of carbonyl (C=O) groups is 1. The zero-order valence-corrected chi connectivity index (χ0v) is 16.0. The molecule has 1 fully saturated rings. The average Bonchev–Trinajstić information content (AvgIpc) is 3.04. The molecule has 2 heterocycles. The third-order valence-corrected chi connectivity index (χ3v) is 5.08. The van der Waals surface area contributed by atoms with Crippen molar-refractivity contribution in [1.82, 2.24) is 0 Å². The number of ether oxygens (including phenoxy) is 3. The van der Waals surface area contributed by atoms with E-state index in [1.807, 2.05) is 0 Å². The molecular formula is C21H20O10. The second-order valence-corrected chi connectivity index (χ2v) is 7.17. The van der Waals surface area contributed by atoms with Gasteiger partial charge in [-0.1, -0.05) is 12.1 Å². The van der Waals surface area contributed by atoms with E-state index in [9.17, 15) is 35.4 Å². The first-order valence-electron chi connectivity index (χ1n) is 9.36. The summed E-state index contributed by atoms with van der Waals surface area (Å²) in [5.74, 6) is -1.02. The number of phenols is 2. The van der Waals surface area contributed by atoms with E-state index < -0.39 is 49.0 Å². The highest BCUT2D eigenvalue weighted by atomic mass is 16.7. The topological polar surface area (TPSA) is 166 Å². The van der Waals surface area contributed by atoms with Crippen LogP contribution in [-0.2, 0) is 9.53 Å². The lowest BCUT2D eigenvalue weighted by molar-refractivity contribution is -0.277. The number of aliphatic hydroxyl groups is 4. The molecular weight excluding hydrogens is 412 g/mol. The van der Waals surface area contributed by atoms with Gasteiger partial charge in [0.1, 0.15) is 35.9 Å². The van der Waals surface area contributed by atoms with Crippen LogP contribution in [0.5, 0.6) is 23.0 Å². The number of phenolic OH excluding ortho intramolecular Hbond substituents is 2. The molecule has 10 nitrogen and oxygen atoms in total. The average molecular weight is 432 g/mol. The number of hydrogen-bond donors (Lipinski definition) is 6. The summed E-state index contributed by atoms with van der Waals surface area (Å²) in [6, 6.07) is 8.67. The Labute approximate surface area is 175 Å². The molecule has 0 bridgehead atoms. The van der Waals surface area contributed by atoms with Crippen molar-refractivity contribution in [2.24, 2.45) is 0 Å². The Balaban J connectivity index is 1.52. The van der Waals surface area contributed by atoms with Crippen molar-refractivity contribution < 1.29 is 49.6 Å². The Morgan fingerprint density at radius 3 is 2.32 bits per heavy atom. The largest absolute Gasteiger partial charge is 0.504 e. The van der Waals surface area contributed by atoms with E-state index in [0.29, 0.717) is 11.1 Å². The van der Waals surface area contributed by atoms with Crippen molar-refractivity contribution in [1.29, 1.82) is 0 Å². The highest BCUT2D eigenvalue weighted by Crippen LogP contribution is 2.42. The van der Waals surface area contributed by atoms with Crippen LogP contribution < -0.4 is 9.47 Å². The quantitative estimate of drug-likeness (QED) is 0.164. The van der Waals surface area contributed by atoms with E-state index in [-0.39, 0.29) is 22.8 Å². The fourth-order valence-corrected chi connectivity index (χ4v) is 3.36. The third-order valence-electron chi connectivity index (χ3n) is 5.08. The van der Waals surface area contributed by atoms with Crippen LogP contribution in [-0.4, -0.2) is 73.9 Å². The molecule has 5 atom stereocenters. The minimum atomic E-state index is -1.55. The van der Waals surface area contributed by atoms with Crippen LogP contribution in [0.25, 0.3) is 11.6 Å². The van der Waals surface area contributed by atoms with Gasteiger partial charge in [-0.25, -0.2) is 4.79 Å². The summed E-state index contributed by atoms with van der Waals surface area (Å²) in [6.45, 7) is -0.567. The first kappa shape index (κ1) is 21.1. The molecule has 0 radical (unpaired) electrons. The molecule has 0 unspecified atom stereocenters. The summed E-state index contributed by atoms with van der Waals surface area (Å²) in [7, 11) is 0. The normalized spacial score (nSPS) is 29.0. The highest BCUT2D eigenvalue weighted by molar-refractivity contribution is 6.26. The summed E-state index contributed by atoms with van der Waals surface area (Å²) in [5.41, 5.74) is 1.11. The van der Waals surface area contributed by atoms with Gasteiger partial charge in [0.05, 0.1) is 12.2 Å². The maximum atomic E-state index is 12.2. The van der Waals surface area contributed by atoms with Crippen LogP contribution in [0, 0.1) is 0 Å². The van der Waals surface area contributed by atoms with Crippen molar-refractivity contribution in [2.45, 2.75) is 30.7 Å². The Kier molecular flexibility index (Phi) is 5.56. The number of benzene rings is 2. The van der Waals surface area contributed by atoms with Gasteiger partial charge in [0.15, 0.2) is 11.5 Å². The van der Waals surface area contributed by atoms with Gasteiger partial charge in [-0.05, 0) is 29.8 Å². The van der Waals surface area contributed by atoms with Gasteiger partial charge in [0, 0.05) is 11.6 Å². The number of aromatic hydroxyl groups is 2. The Morgan fingerprint density at radius 1 is 0.968 bits per heavy atom. The molecule has 0 aromatic heterocycles. The van der Waals surface area contributed by atoms with Crippen LogP contribution in [0.2, 0.25) is 0 Å². The predicted molar refractivity (Wildman–Crippen MR) is 104 cm³/mol. The van der Waals surface area contributed by atoms with Crippen molar-refractivity contribution >= 4 is 17.6 Å². The van der Waals surface area contributed by atoms with E-state index >= 15 is 0 Å². The van der Waals surface area contributed by atoms with Crippen LogP contribution in [0.1, 0.15) is 11.1 Å². The molecule has 10 heteroatoms. The van der Waals surface area contributed by atoms with E-state index in [4.69, 9.17) is 14.2 Å². The van der Waals surface area contributed by atoms with Crippen LogP contribution in [0.15, 0.2) is 36.4 Å². The van der Waals surface area contributed by atoms with Crippen molar-refractivity contribution in [3.05, 3.63) is 47.5 Å². The lowest BCUT2D eigenvalue weighted by Crippen LogP contribution is -2.60. The predicted octanol–water partition coefficient (Wildman–Crippen LogP) is -0.264. The number of aliphatic hydroxyl groups excluding tert-OH is 4. The first-order chi connectivity index (χ1) is 14.8. The summed E-state index contributed by atoms with van der Waals surface area (Å²) in [6.07, 6.45) is -5.44. The summed E-state index contributed by atoms with van der Waals surface area (Å²) < 4.78 is 15.9. The van der Waals surface area contributed by atoms with E-state index in [1.54, 1.807) is 12.1 Å². The third kappa shape index (κ3) is 3.94. The molecule has 164 valence electrons. The maximum absolute atomic E-state index is 12.2. The number of esters is 1. The molecule has 0 spiro atoms. The molecule has 2 aromatic carbocycles. The monoisotopic (exact) mass is 432 g/mol. The van der Waals surface area contributed by atoms with Crippen LogP contribution in [0.4, 0.5) is 0 Å². The standard InChI is InChI=1S/C21H20O10/c22-8-16-17(25)18(26)19(27)21(31-16)29-10-3-1-9(2-4-10)5-12-11-6-13(23)14(24)7-15(11)30-20(12)28/h1-7,16-19,21-27H,8H2/t16-,17-,18+,19-,21+/m1/s1. The highest BCUT2D eigenvalue weighted by Gasteiger charge is 2.44. The molecule has 2 aliphatic rings. The molecule has 0 amide bonds. The molecule has 0 saturated carbocycles. The van der Waals surface area contributed by atoms with Gasteiger partial charge in [0.25, 0.3) is 0 Å². The Hall–Kier alpha value is -3.15. The summed E-state index contributed by atoms with van der Waals surface area (Å²) in [5, 5.41) is 58.2. The number of fused-ring (bicyclic) bond motifs is 1. The molecule has 2 aliphatic heterocycles. The van der Waals surface area contributed by atoms with Gasteiger partial charge in [-0.15, -0.1) is 0 Å². The van der Waals surface area contributed by atoms with Crippen LogP contribution in [0.3, 0.4) is 0 Å². The smallest absolute Gasteiger partial charge is 0.344 e. The summed E-state index contributed by atoms with van der Waals surface area (Å²) >= 11 is 0. The first-order valence-corrected chi connectivity index (χ1v) is 9.36. The van der Waals surface area contributed by atoms with Gasteiger partial charge < -0.3 is 44.8 Å². The van der Waals surface area contributed by atoms with Gasteiger partial charge in [-0.2, -0.15) is 0 Å². The van der Waals surface area contributed by atoms with Gasteiger partial charge in [0.2, 0.25) is 6.29 Å². The lowest BCUT2D eigenvalue weighted by Gasteiger charge is -2.39. The van der Waals surface area contributed by atoms with Crippen molar-refractivity contribution in [3.8, 4) is 23.0 Å². The molecule has 4 rings (SSSR count). The lowest BCUT2D eigenvalue weighted by atomic mass is 9.99. The van der Waals surface area contributed by atoms with Crippen LogP contribution >= 0.6 is 0 Å². The molecule has 2 aromatic rings. The van der Waals surface area contributed by atoms with Crippen molar-refractivity contribution in [2.75, 3.05) is 6.61 Å². The number of rotatable bonds is 4. The fraction of sp³-hybridized carbons (Fsp3) is 0.286. The van der Waals surface area contributed by atoms with E-state index in [2.05, 4.69) is 0 Å². The van der Waals surface area contributed by atoms with Gasteiger partial charge >= 0.3 is 5.97 Å². The number of carbonyl (C=O) groups excluding carboxylic acids is 1. The zero-order valence-electron chi connectivity index (χ0n) is 16.0. The minimum Gasteiger partial charge on any atom is -0.504 e. The fourth-order valence-electron chi connectivity index (χ4n) is 3.36. The Bertz CT molecular complexity index is 1010. The SMILES string of the molecule is O=C1Oc2cc(O)c(O)cc2C1=Cc1ccc(O[C@H]2O[C@H](CO)[C@@H](O)[C@H](O)[C@H]2O)cc1. The number of hydrogen-bond acceptors (Lipinski definition) is 10. The minimum absolute atomic E-state index is 0.133. The second kappa shape index (κ2) is 8.17. The van der Waals surface area contributed by atoms with E-state index in [0.717, 1.165) is 6.07 Å².